The molecule has 0 spiro atoms. The summed E-state index contributed by atoms with van der Waals surface area (Å²) in [5.74, 6) is 1.47. The first kappa shape index (κ1) is 31.4. The minimum absolute atomic E-state index is 0.0407. The van der Waals surface area contributed by atoms with Gasteiger partial charge in [-0.1, -0.05) is 105 Å². The lowest BCUT2D eigenvalue weighted by molar-refractivity contribution is 0.477. The molecule has 55 heavy (non-hydrogen) atoms. The standard InChI is InChI=1S/C50H34N2O3/c1-50(2)39-14-6-8-16-41(39)51(42-17-9-7-15-40(42)50)36-23-25-44-48(30-36)55-47-29-34(20-24-43(47)52(44)35-22-19-31-11-3-4-12-32(31)27-35)33-21-26-46-38(28-33)49(53)37-13-5-10-18-45(37)54-46/h3-30H,1-2H3. The summed E-state index contributed by atoms with van der Waals surface area (Å²) in [6.07, 6.45) is 0. The number of hydrogen-bond donors (Lipinski definition) is 0. The van der Waals surface area contributed by atoms with E-state index in [0.717, 1.165) is 62.1 Å². The van der Waals surface area contributed by atoms with Crippen molar-refractivity contribution in [3.63, 3.8) is 0 Å². The molecule has 9 aromatic rings. The molecule has 0 saturated heterocycles. The van der Waals surface area contributed by atoms with E-state index in [2.05, 4.69) is 151 Å². The summed E-state index contributed by atoms with van der Waals surface area (Å²) < 4.78 is 13.1. The fourth-order valence-electron chi connectivity index (χ4n) is 8.64. The van der Waals surface area contributed by atoms with E-state index in [1.54, 1.807) is 0 Å². The number of anilines is 6. The lowest BCUT2D eigenvalue weighted by Gasteiger charge is -2.42. The number of benzene rings is 8. The summed E-state index contributed by atoms with van der Waals surface area (Å²) in [7, 11) is 0. The molecule has 11 rings (SSSR count). The Bertz CT molecular complexity index is 3060. The Balaban J connectivity index is 1.08. The molecule has 2 aliphatic rings. The second kappa shape index (κ2) is 11.7. The van der Waals surface area contributed by atoms with Crippen molar-refractivity contribution in [2.24, 2.45) is 0 Å². The van der Waals surface area contributed by atoms with Crippen LogP contribution >= 0.6 is 0 Å². The summed E-state index contributed by atoms with van der Waals surface area (Å²) in [6, 6.07) is 58.5. The average molecular weight is 711 g/mol. The van der Waals surface area contributed by atoms with Crippen LogP contribution in [0.4, 0.5) is 34.1 Å². The van der Waals surface area contributed by atoms with Gasteiger partial charge >= 0.3 is 0 Å². The van der Waals surface area contributed by atoms with E-state index in [1.165, 1.54) is 16.5 Å². The van der Waals surface area contributed by atoms with Crippen molar-refractivity contribution < 1.29 is 9.15 Å². The van der Waals surface area contributed by atoms with Crippen LogP contribution in [0, 0.1) is 0 Å². The monoisotopic (exact) mass is 710 g/mol. The second-order valence-electron chi connectivity index (χ2n) is 14.9. The number of ether oxygens (including phenoxy) is 1. The molecule has 0 fully saturated rings. The van der Waals surface area contributed by atoms with Crippen molar-refractivity contribution in [2.45, 2.75) is 19.3 Å². The molecule has 5 heteroatoms. The number of nitrogens with zero attached hydrogens (tertiary/aromatic N) is 2. The molecule has 5 nitrogen and oxygen atoms in total. The molecule has 2 aliphatic heterocycles. The zero-order valence-electron chi connectivity index (χ0n) is 30.3. The lowest BCUT2D eigenvalue weighted by Crippen LogP contribution is -2.30. The van der Waals surface area contributed by atoms with Crippen LogP contribution in [0.15, 0.2) is 179 Å². The molecule has 0 atom stereocenters. The van der Waals surface area contributed by atoms with Crippen LogP contribution in [-0.4, -0.2) is 0 Å². The predicted octanol–water partition coefficient (Wildman–Crippen LogP) is 13.5. The number of para-hydroxylation sites is 3. The Hall–Kier alpha value is -7.11. The third-order valence-corrected chi connectivity index (χ3v) is 11.4. The van der Waals surface area contributed by atoms with Gasteiger partial charge in [-0.05, 0) is 106 Å². The highest BCUT2D eigenvalue weighted by molar-refractivity contribution is 5.96. The van der Waals surface area contributed by atoms with Crippen LogP contribution in [0.2, 0.25) is 0 Å². The highest BCUT2D eigenvalue weighted by Gasteiger charge is 2.37. The van der Waals surface area contributed by atoms with Crippen LogP contribution in [-0.2, 0) is 5.41 Å². The maximum absolute atomic E-state index is 13.6. The van der Waals surface area contributed by atoms with E-state index in [1.807, 2.05) is 42.5 Å². The summed E-state index contributed by atoms with van der Waals surface area (Å²) in [5.41, 5.74) is 11.6. The van der Waals surface area contributed by atoms with Crippen molar-refractivity contribution in [1.29, 1.82) is 0 Å². The quantitative estimate of drug-likeness (QED) is 0.171. The molecule has 1 aromatic heterocycles. The number of hydrogen-bond acceptors (Lipinski definition) is 5. The first-order valence-corrected chi connectivity index (χ1v) is 18.6. The van der Waals surface area contributed by atoms with Gasteiger partial charge in [0.1, 0.15) is 11.2 Å². The maximum atomic E-state index is 13.6. The molecule has 0 unspecified atom stereocenters. The molecule has 0 amide bonds. The van der Waals surface area contributed by atoms with Crippen molar-refractivity contribution >= 4 is 66.8 Å². The van der Waals surface area contributed by atoms with Crippen molar-refractivity contribution in [1.82, 2.24) is 0 Å². The van der Waals surface area contributed by atoms with E-state index >= 15 is 0 Å². The molecule has 0 bridgehead atoms. The summed E-state index contributed by atoms with van der Waals surface area (Å²) >= 11 is 0. The van der Waals surface area contributed by atoms with E-state index in [9.17, 15) is 4.79 Å². The third kappa shape index (κ3) is 4.76. The van der Waals surface area contributed by atoms with Gasteiger partial charge in [0.05, 0.1) is 39.2 Å². The van der Waals surface area contributed by atoms with Gasteiger partial charge in [-0.3, -0.25) is 4.79 Å². The molecule has 0 radical (unpaired) electrons. The normalized spacial score (nSPS) is 13.9. The lowest BCUT2D eigenvalue weighted by atomic mass is 9.73. The van der Waals surface area contributed by atoms with E-state index < -0.39 is 0 Å². The maximum Gasteiger partial charge on any atom is 0.200 e. The van der Waals surface area contributed by atoms with Gasteiger partial charge in [-0.15, -0.1) is 0 Å². The Labute approximate surface area is 317 Å². The van der Waals surface area contributed by atoms with Crippen LogP contribution in [0.1, 0.15) is 25.0 Å². The first-order valence-electron chi connectivity index (χ1n) is 18.6. The summed E-state index contributed by atoms with van der Waals surface area (Å²) in [5, 5.41) is 3.47. The van der Waals surface area contributed by atoms with Gasteiger partial charge in [-0.25, -0.2) is 0 Å². The number of fused-ring (bicyclic) bond motifs is 7. The van der Waals surface area contributed by atoms with Crippen molar-refractivity contribution in [3.05, 3.63) is 191 Å². The molecular weight excluding hydrogens is 677 g/mol. The third-order valence-electron chi connectivity index (χ3n) is 11.4. The van der Waals surface area contributed by atoms with E-state index in [0.29, 0.717) is 21.9 Å². The molecule has 0 N–H and O–H groups in total. The zero-order valence-corrected chi connectivity index (χ0v) is 30.3. The van der Waals surface area contributed by atoms with Gasteiger partial charge in [0, 0.05) is 17.2 Å². The largest absolute Gasteiger partial charge is 0.456 e. The van der Waals surface area contributed by atoms with Gasteiger partial charge in [-0.2, -0.15) is 0 Å². The van der Waals surface area contributed by atoms with Crippen molar-refractivity contribution in [3.8, 4) is 22.6 Å². The van der Waals surface area contributed by atoms with Gasteiger partial charge in [0.15, 0.2) is 11.5 Å². The molecule has 0 aliphatic carbocycles. The summed E-state index contributed by atoms with van der Waals surface area (Å²) in [4.78, 5) is 18.2. The molecule has 262 valence electrons. The predicted molar refractivity (Wildman–Crippen MR) is 224 cm³/mol. The summed E-state index contributed by atoms with van der Waals surface area (Å²) in [6.45, 7) is 4.61. The topological polar surface area (TPSA) is 45.9 Å². The van der Waals surface area contributed by atoms with Crippen LogP contribution in [0.5, 0.6) is 11.5 Å². The first-order chi connectivity index (χ1) is 26.9. The van der Waals surface area contributed by atoms with Gasteiger partial charge in [0.2, 0.25) is 5.43 Å². The Morgan fingerprint density at radius 1 is 0.455 bits per heavy atom. The zero-order chi connectivity index (χ0) is 36.8. The van der Waals surface area contributed by atoms with E-state index in [4.69, 9.17) is 9.15 Å². The Morgan fingerprint density at radius 2 is 1.02 bits per heavy atom. The van der Waals surface area contributed by atoms with E-state index in [-0.39, 0.29) is 10.8 Å². The van der Waals surface area contributed by atoms with Crippen molar-refractivity contribution in [2.75, 3.05) is 9.80 Å². The SMILES string of the molecule is CC1(C)c2ccccc2N(c2ccc3c(c2)Oc2cc(-c4ccc5oc6ccccc6c(=O)c5c4)ccc2N3c2ccc3ccccc3c2)c2ccccc21. The smallest absolute Gasteiger partial charge is 0.200 e. The second-order valence-corrected chi connectivity index (χ2v) is 14.9. The van der Waals surface area contributed by atoms with Crippen LogP contribution in [0.25, 0.3) is 43.8 Å². The van der Waals surface area contributed by atoms with Crippen LogP contribution in [0.3, 0.4) is 0 Å². The Kier molecular flexibility index (Phi) is 6.68. The fraction of sp³-hybridized carbons (Fsp3) is 0.0600. The van der Waals surface area contributed by atoms with Gasteiger partial charge < -0.3 is 19.0 Å². The number of rotatable bonds is 3. The fourth-order valence-corrected chi connectivity index (χ4v) is 8.64. The minimum atomic E-state index is -0.159. The average Bonchev–Trinajstić information content (AvgIpc) is 3.22. The molecule has 3 heterocycles. The molecular formula is C50H34N2O3. The molecule has 0 saturated carbocycles. The highest BCUT2D eigenvalue weighted by atomic mass is 16.5. The Morgan fingerprint density at radius 3 is 1.82 bits per heavy atom. The highest BCUT2D eigenvalue weighted by Crippen LogP contribution is 2.56. The molecule has 8 aromatic carbocycles. The van der Waals surface area contributed by atoms with Gasteiger partial charge in [0.25, 0.3) is 0 Å². The minimum Gasteiger partial charge on any atom is -0.456 e. The van der Waals surface area contributed by atoms with Crippen LogP contribution < -0.4 is 20.0 Å².